The van der Waals surface area contributed by atoms with Crippen LogP contribution in [-0.4, -0.2) is 37.7 Å². The summed E-state index contributed by atoms with van der Waals surface area (Å²) in [7, 11) is -3.17. The zero-order valence-electron chi connectivity index (χ0n) is 13.8. The van der Waals surface area contributed by atoms with Crippen molar-refractivity contribution >= 4 is 33.1 Å². The van der Waals surface area contributed by atoms with Crippen LogP contribution in [0.1, 0.15) is 6.92 Å². The molecule has 1 heterocycles. The highest BCUT2D eigenvalue weighted by molar-refractivity contribution is 7.89. The van der Waals surface area contributed by atoms with E-state index in [1.165, 1.54) is 6.07 Å². The van der Waals surface area contributed by atoms with Crippen molar-refractivity contribution < 1.29 is 30.7 Å². The standard InChI is InChI=1S/C14H13ClF4N4O3S/c1-7(14(17,18)19)26-10-3-8(16)11(27(24,25)20-2)4-9(10)23-13-5-12(15)21-6-22-13/h3-7,20H,1-2H3,(H,21,22,23). The molecule has 0 aliphatic heterocycles. The molecule has 0 spiro atoms. The Kier molecular flexibility index (Phi) is 6.12. The maximum atomic E-state index is 14.2. The molecule has 1 aromatic heterocycles. The van der Waals surface area contributed by atoms with Gasteiger partial charge < -0.3 is 10.1 Å². The van der Waals surface area contributed by atoms with Gasteiger partial charge in [0.1, 0.15) is 33.8 Å². The van der Waals surface area contributed by atoms with E-state index in [4.69, 9.17) is 16.3 Å². The number of halogens is 5. The van der Waals surface area contributed by atoms with Crippen molar-refractivity contribution in [2.75, 3.05) is 12.4 Å². The molecule has 0 saturated carbocycles. The van der Waals surface area contributed by atoms with Crippen LogP contribution in [0.3, 0.4) is 0 Å². The van der Waals surface area contributed by atoms with E-state index >= 15 is 0 Å². The fourth-order valence-electron chi connectivity index (χ4n) is 1.84. The van der Waals surface area contributed by atoms with Crippen molar-refractivity contribution in [3.63, 3.8) is 0 Å². The van der Waals surface area contributed by atoms with E-state index in [2.05, 4.69) is 15.3 Å². The third-order valence-corrected chi connectivity index (χ3v) is 4.89. The van der Waals surface area contributed by atoms with Gasteiger partial charge in [-0.15, -0.1) is 0 Å². The van der Waals surface area contributed by atoms with E-state index in [1.54, 1.807) is 0 Å². The minimum atomic E-state index is -4.72. The zero-order chi connectivity index (χ0) is 20.4. The lowest BCUT2D eigenvalue weighted by Crippen LogP contribution is -2.31. The third-order valence-electron chi connectivity index (χ3n) is 3.25. The Balaban J connectivity index is 2.55. The second-order valence-corrected chi connectivity index (χ2v) is 7.38. The van der Waals surface area contributed by atoms with Gasteiger partial charge in [0.15, 0.2) is 6.10 Å². The number of sulfonamides is 1. The molecule has 0 bridgehead atoms. The number of rotatable bonds is 6. The molecule has 1 unspecified atom stereocenters. The molecule has 0 amide bonds. The summed E-state index contributed by atoms with van der Waals surface area (Å²) in [4.78, 5) is 6.64. The summed E-state index contributed by atoms with van der Waals surface area (Å²) in [6.45, 7) is 0.724. The first-order valence-electron chi connectivity index (χ1n) is 7.19. The Bertz CT molecular complexity index is 940. The molecule has 0 aliphatic carbocycles. The van der Waals surface area contributed by atoms with Gasteiger partial charge in [-0.25, -0.2) is 27.5 Å². The molecule has 1 atom stereocenters. The molecule has 0 fully saturated rings. The van der Waals surface area contributed by atoms with E-state index in [0.717, 1.165) is 26.4 Å². The monoisotopic (exact) mass is 428 g/mol. The number of hydrogen-bond acceptors (Lipinski definition) is 6. The first-order chi connectivity index (χ1) is 12.4. The molecule has 0 radical (unpaired) electrons. The summed E-state index contributed by atoms with van der Waals surface area (Å²) in [6, 6.07) is 2.56. The lowest BCUT2D eigenvalue weighted by molar-refractivity contribution is -0.189. The minimum Gasteiger partial charge on any atom is -0.479 e. The SMILES string of the molecule is CNS(=O)(=O)c1cc(Nc2cc(Cl)ncn2)c(OC(C)C(F)(F)F)cc1F. The van der Waals surface area contributed by atoms with Crippen molar-refractivity contribution in [1.82, 2.24) is 14.7 Å². The topological polar surface area (TPSA) is 93.2 Å². The van der Waals surface area contributed by atoms with Crippen molar-refractivity contribution in [3.8, 4) is 5.75 Å². The van der Waals surface area contributed by atoms with Crippen LogP contribution in [-0.2, 0) is 10.0 Å². The Labute approximate surface area is 156 Å². The van der Waals surface area contributed by atoms with Gasteiger partial charge in [-0.05, 0) is 20.0 Å². The molecule has 2 rings (SSSR count). The summed E-state index contributed by atoms with van der Waals surface area (Å²) in [5, 5.41) is 2.56. The van der Waals surface area contributed by atoms with Crippen LogP contribution in [0.2, 0.25) is 5.15 Å². The molecular weight excluding hydrogens is 416 g/mol. The van der Waals surface area contributed by atoms with E-state index in [1.807, 2.05) is 4.72 Å². The predicted molar refractivity (Wildman–Crippen MR) is 89.1 cm³/mol. The highest BCUT2D eigenvalue weighted by Crippen LogP contribution is 2.35. The van der Waals surface area contributed by atoms with Crippen LogP contribution in [0.5, 0.6) is 5.75 Å². The first-order valence-corrected chi connectivity index (χ1v) is 9.05. The van der Waals surface area contributed by atoms with Gasteiger partial charge in [-0.1, -0.05) is 11.6 Å². The summed E-state index contributed by atoms with van der Waals surface area (Å²) in [5.74, 6) is -1.83. The van der Waals surface area contributed by atoms with Gasteiger partial charge in [0.2, 0.25) is 10.0 Å². The summed E-state index contributed by atoms with van der Waals surface area (Å²) >= 11 is 5.71. The highest BCUT2D eigenvalue weighted by Gasteiger charge is 2.38. The van der Waals surface area contributed by atoms with Crippen LogP contribution in [0.4, 0.5) is 29.1 Å². The van der Waals surface area contributed by atoms with Crippen LogP contribution in [0, 0.1) is 5.82 Å². The van der Waals surface area contributed by atoms with E-state index < -0.39 is 38.8 Å². The van der Waals surface area contributed by atoms with Gasteiger partial charge in [0.25, 0.3) is 0 Å². The Morgan fingerprint density at radius 1 is 1.22 bits per heavy atom. The Morgan fingerprint density at radius 2 is 1.89 bits per heavy atom. The van der Waals surface area contributed by atoms with Crippen molar-refractivity contribution in [2.45, 2.75) is 24.1 Å². The number of anilines is 2. The zero-order valence-corrected chi connectivity index (χ0v) is 15.4. The second-order valence-electron chi connectivity index (χ2n) is 5.14. The molecule has 0 saturated heterocycles. The third kappa shape index (κ3) is 5.17. The fraction of sp³-hybridized carbons (Fsp3) is 0.286. The minimum absolute atomic E-state index is 0.0174. The Hall–Kier alpha value is -2.18. The molecule has 1 aromatic carbocycles. The summed E-state index contributed by atoms with van der Waals surface area (Å²) in [5.41, 5.74) is -0.268. The van der Waals surface area contributed by atoms with Gasteiger partial charge >= 0.3 is 6.18 Å². The maximum Gasteiger partial charge on any atom is 0.425 e. The number of nitrogens with zero attached hydrogens (tertiary/aromatic N) is 2. The van der Waals surface area contributed by atoms with Crippen molar-refractivity contribution in [2.24, 2.45) is 0 Å². The average molecular weight is 429 g/mol. The highest BCUT2D eigenvalue weighted by atomic mass is 35.5. The number of hydrogen-bond donors (Lipinski definition) is 2. The van der Waals surface area contributed by atoms with E-state index in [-0.39, 0.29) is 16.7 Å². The molecule has 7 nitrogen and oxygen atoms in total. The number of ether oxygens (including phenoxy) is 1. The smallest absolute Gasteiger partial charge is 0.425 e. The second kappa shape index (κ2) is 7.82. The van der Waals surface area contributed by atoms with E-state index in [0.29, 0.717) is 6.07 Å². The van der Waals surface area contributed by atoms with Crippen molar-refractivity contribution in [1.29, 1.82) is 0 Å². The van der Waals surface area contributed by atoms with Gasteiger partial charge in [-0.2, -0.15) is 13.2 Å². The fourth-order valence-corrected chi connectivity index (χ4v) is 2.80. The van der Waals surface area contributed by atoms with Crippen LogP contribution in [0.25, 0.3) is 0 Å². The molecule has 148 valence electrons. The predicted octanol–water partition coefficient (Wildman–Crippen LogP) is 3.25. The summed E-state index contributed by atoms with van der Waals surface area (Å²) in [6.07, 6.45) is -5.93. The molecular formula is C14H13ClF4N4O3S. The maximum absolute atomic E-state index is 14.2. The summed E-state index contributed by atoms with van der Waals surface area (Å²) < 4.78 is 83.1. The van der Waals surface area contributed by atoms with Gasteiger partial charge in [0.05, 0.1) is 5.69 Å². The quantitative estimate of drug-likeness (QED) is 0.542. The largest absolute Gasteiger partial charge is 0.479 e. The van der Waals surface area contributed by atoms with Crippen LogP contribution < -0.4 is 14.8 Å². The number of nitrogens with one attached hydrogen (secondary N) is 2. The number of benzene rings is 1. The normalized spacial score (nSPS) is 13.3. The van der Waals surface area contributed by atoms with Gasteiger partial charge in [0, 0.05) is 12.1 Å². The molecule has 2 N–H and O–H groups in total. The van der Waals surface area contributed by atoms with Crippen molar-refractivity contribution in [3.05, 3.63) is 35.5 Å². The first kappa shape index (κ1) is 21.1. The average Bonchev–Trinajstić information content (AvgIpc) is 2.56. The molecule has 2 aromatic rings. The lowest BCUT2D eigenvalue weighted by atomic mass is 10.2. The Morgan fingerprint density at radius 3 is 2.44 bits per heavy atom. The van der Waals surface area contributed by atoms with Gasteiger partial charge in [-0.3, -0.25) is 0 Å². The molecule has 27 heavy (non-hydrogen) atoms. The van der Waals surface area contributed by atoms with Crippen LogP contribution >= 0.6 is 11.6 Å². The van der Waals surface area contributed by atoms with Crippen LogP contribution in [0.15, 0.2) is 29.4 Å². The number of aromatic nitrogens is 2. The van der Waals surface area contributed by atoms with E-state index in [9.17, 15) is 26.0 Å². The molecule has 13 heteroatoms. The molecule has 0 aliphatic rings. The lowest BCUT2D eigenvalue weighted by Gasteiger charge is -2.21. The number of alkyl halides is 3.